The number of nitrogens with two attached hydrogens (primary N) is 1. The molecule has 0 amide bonds. The van der Waals surface area contributed by atoms with Gasteiger partial charge in [-0.15, -0.1) is 0 Å². The van der Waals surface area contributed by atoms with Crippen molar-refractivity contribution in [3.05, 3.63) is 22.0 Å². The van der Waals surface area contributed by atoms with Crippen molar-refractivity contribution in [2.45, 2.75) is 6.17 Å². The Morgan fingerprint density at radius 3 is 2.69 bits per heavy atom. The van der Waals surface area contributed by atoms with Gasteiger partial charge in [0.15, 0.2) is 0 Å². The maximum absolute atomic E-state index is 5.96. The summed E-state index contributed by atoms with van der Waals surface area (Å²) in [6.45, 7) is 0. The Labute approximate surface area is 103 Å². The van der Waals surface area contributed by atoms with Gasteiger partial charge in [-0.05, 0) is 12.2 Å². The molecule has 0 aromatic rings. The standard InChI is InChI=1S/C9H15N3O2S2/c1-12(14-3)9(10)8-5-4-7(15-16-8)6-11-13-2/h4-6,9H,10H2,1-3H3/b11-6+. The summed E-state index contributed by atoms with van der Waals surface area (Å²) < 4.78 is 0. The van der Waals surface area contributed by atoms with Crippen LogP contribution in [0.4, 0.5) is 0 Å². The zero-order chi connectivity index (χ0) is 12.0. The first-order valence-corrected chi connectivity index (χ1v) is 6.69. The molecule has 1 heterocycles. The van der Waals surface area contributed by atoms with Gasteiger partial charge in [-0.3, -0.25) is 0 Å². The van der Waals surface area contributed by atoms with E-state index in [0.717, 1.165) is 9.81 Å². The minimum atomic E-state index is -0.250. The van der Waals surface area contributed by atoms with E-state index in [9.17, 15) is 0 Å². The summed E-state index contributed by atoms with van der Waals surface area (Å²) in [4.78, 5) is 11.7. The zero-order valence-electron chi connectivity index (χ0n) is 9.41. The Morgan fingerprint density at radius 1 is 1.44 bits per heavy atom. The average Bonchev–Trinajstić information content (AvgIpc) is 2.35. The third-order valence-electron chi connectivity index (χ3n) is 1.90. The van der Waals surface area contributed by atoms with Crippen molar-refractivity contribution in [3.8, 4) is 0 Å². The molecule has 5 nitrogen and oxygen atoms in total. The molecule has 2 N–H and O–H groups in total. The number of hydroxylamine groups is 2. The van der Waals surface area contributed by atoms with Gasteiger partial charge in [0.1, 0.15) is 13.3 Å². The average molecular weight is 261 g/mol. The number of oxime groups is 1. The molecule has 1 unspecified atom stereocenters. The molecule has 0 radical (unpaired) electrons. The first-order chi connectivity index (χ1) is 7.69. The van der Waals surface area contributed by atoms with Crippen molar-refractivity contribution < 1.29 is 9.68 Å². The van der Waals surface area contributed by atoms with E-state index in [-0.39, 0.29) is 6.17 Å². The van der Waals surface area contributed by atoms with E-state index < -0.39 is 0 Å². The number of hydrogen-bond donors (Lipinski definition) is 1. The van der Waals surface area contributed by atoms with E-state index in [0.29, 0.717) is 0 Å². The van der Waals surface area contributed by atoms with E-state index in [2.05, 4.69) is 9.99 Å². The van der Waals surface area contributed by atoms with Crippen molar-refractivity contribution >= 4 is 27.8 Å². The van der Waals surface area contributed by atoms with Crippen LogP contribution in [0.5, 0.6) is 0 Å². The van der Waals surface area contributed by atoms with Crippen molar-refractivity contribution in [1.29, 1.82) is 0 Å². The molecule has 1 aliphatic rings. The molecule has 7 heteroatoms. The van der Waals surface area contributed by atoms with Crippen molar-refractivity contribution in [3.63, 3.8) is 0 Å². The summed E-state index contributed by atoms with van der Waals surface area (Å²) in [6, 6.07) is 0. The minimum Gasteiger partial charge on any atom is -0.399 e. The topological polar surface area (TPSA) is 60.1 Å². The Kier molecular flexibility index (Phi) is 5.93. The molecule has 16 heavy (non-hydrogen) atoms. The molecule has 0 bridgehead atoms. The first-order valence-electron chi connectivity index (χ1n) is 4.54. The van der Waals surface area contributed by atoms with Crippen LogP contribution in [-0.4, -0.2) is 38.7 Å². The van der Waals surface area contributed by atoms with Gasteiger partial charge in [-0.1, -0.05) is 26.7 Å². The van der Waals surface area contributed by atoms with Crippen LogP contribution in [0, 0.1) is 0 Å². The second kappa shape index (κ2) is 6.97. The van der Waals surface area contributed by atoms with Gasteiger partial charge in [0, 0.05) is 16.9 Å². The van der Waals surface area contributed by atoms with Crippen LogP contribution in [-0.2, 0) is 9.68 Å². The van der Waals surface area contributed by atoms with E-state index in [4.69, 9.17) is 10.6 Å². The molecule has 0 fully saturated rings. The highest BCUT2D eigenvalue weighted by molar-refractivity contribution is 8.79. The van der Waals surface area contributed by atoms with E-state index in [1.807, 2.05) is 12.2 Å². The number of nitrogens with zero attached hydrogens (tertiary/aromatic N) is 2. The molecule has 0 spiro atoms. The number of hydrogen-bond acceptors (Lipinski definition) is 7. The van der Waals surface area contributed by atoms with Gasteiger partial charge in [-0.25, -0.2) is 0 Å². The van der Waals surface area contributed by atoms with Crippen molar-refractivity contribution in [2.75, 3.05) is 21.3 Å². The first kappa shape index (κ1) is 13.6. The molecule has 1 atom stereocenters. The van der Waals surface area contributed by atoms with E-state index in [1.54, 1.807) is 47.0 Å². The third-order valence-corrected chi connectivity index (χ3v) is 4.39. The summed E-state index contributed by atoms with van der Waals surface area (Å²) in [7, 11) is 8.08. The van der Waals surface area contributed by atoms with E-state index in [1.165, 1.54) is 7.11 Å². The fraction of sp³-hybridized carbons (Fsp3) is 0.444. The Hall–Kier alpha value is -0.470. The largest absolute Gasteiger partial charge is 0.399 e. The Balaban J connectivity index is 2.63. The predicted octanol–water partition coefficient (Wildman–Crippen LogP) is 1.56. The molecular formula is C9H15N3O2S2. The van der Waals surface area contributed by atoms with Gasteiger partial charge >= 0.3 is 0 Å². The Bertz CT molecular complexity index is 318. The highest BCUT2D eigenvalue weighted by Gasteiger charge is 2.18. The highest BCUT2D eigenvalue weighted by atomic mass is 33.1. The lowest BCUT2D eigenvalue weighted by molar-refractivity contribution is -0.128. The molecule has 1 rings (SSSR count). The van der Waals surface area contributed by atoms with Crippen molar-refractivity contribution in [1.82, 2.24) is 5.06 Å². The minimum absolute atomic E-state index is 0.250. The number of rotatable bonds is 5. The molecule has 0 saturated heterocycles. The van der Waals surface area contributed by atoms with Crippen LogP contribution < -0.4 is 5.73 Å². The quantitative estimate of drug-likeness (QED) is 0.351. The van der Waals surface area contributed by atoms with Gasteiger partial charge in [0.25, 0.3) is 0 Å². The van der Waals surface area contributed by atoms with Crippen molar-refractivity contribution in [2.24, 2.45) is 10.9 Å². The fourth-order valence-electron chi connectivity index (χ4n) is 0.926. The van der Waals surface area contributed by atoms with Gasteiger partial charge in [0.2, 0.25) is 0 Å². The van der Waals surface area contributed by atoms with Crippen LogP contribution in [0.1, 0.15) is 0 Å². The van der Waals surface area contributed by atoms with E-state index >= 15 is 0 Å². The monoisotopic (exact) mass is 261 g/mol. The highest BCUT2D eigenvalue weighted by Crippen LogP contribution is 2.40. The smallest absolute Gasteiger partial charge is 0.114 e. The zero-order valence-corrected chi connectivity index (χ0v) is 11.0. The third kappa shape index (κ3) is 3.84. The molecule has 0 aliphatic carbocycles. The molecule has 0 saturated carbocycles. The Morgan fingerprint density at radius 2 is 2.19 bits per heavy atom. The summed E-state index contributed by atoms with van der Waals surface area (Å²) >= 11 is 0. The summed E-state index contributed by atoms with van der Waals surface area (Å²) in [5, 5.41) is 5.29. The summed E-state index contributed by atoms with van der Waals surface area (Å²) in [6.07, 6.45) is 5.32. The molecule has 1 aliphatic heterocycles. The maximum atomic E-state index is 5.96. The second-order valence-corrected chi connectivity index (χ2v) is 5.17. The van der Waals surface area contributed by atoms with Gasteiger partial charge < -0.3 is 15.4 Å². The van der Waals surface area contributed by atoms with Crippen LogP contribution in [0.15, 0.2) is 27.1 Å². The normalized spacial score (nSPS) is 18.6. The lowest BCUT2D eigenvalue weighted by Gasteiger charge is -2.24. The summed E-state index contributed by atoms with van der Waals surface area (Å²) in [5.41, 5.74) is 5.96. The number of likely N-dealkylation sites (N-methyl/N-ethyl adjacent to an activating group) is 1. The predicted molar refractivity (Wildman–Crippen MR) is 69.6 cm³/mol. The SMILES string of the molecule is CO/N=C/C1=CC=C(C(N)N(C)OC)SS1. The molecule has 0 aromatic carbocycles. The van der Waals surface area contributed by atoms with Crippen LogP contribution >= 0.6 is 21.6 Å². The lowest BCUT2D eigenvalue weighted by atomic mass is 10.4. The van der Waals surface area contributed by atoms with Gasteiger partial charge in [0.05, 0.1) is 13.3 Å². The number of allylic oxidation sites excluding steroid dienone is 3. The molecule has 90 valence electrons. The summed E-state index contributed by atoms with van der Waals surface area (Å²) in [5.74, 6) is 0. The maximum Gasteiger partial charge on any atom is 0.114 e. The molecular weight excluding hydrogens is 246 g/mol. The van der Waals surface area contributed by atoms with Crippen LogP contribution in [0.25, 0.3) is 0 Å². The molecule has 0 aromatic heterocycles. The van der Waals surface area contributed by atoms with Crippen LogP contribution in [0.3, 0.4) is 0 Å². The fourth-order valence-corrected chi connectivity index (χ4v) is 3.03. The van der Waals surface area contributed by atoms with Crippen LogP contribution in [0.2, 0.25) is 0 Å². The second-order valence-electron chi connectivity index (χ2n) is 2.90. The lowest BCUT2D eigenvalue weighted by Crippen LogP contribution is -2.39. The van der Waals surface area contributed by atoms with Gasteiger partial charge in [-0.2, -0.15) is 5.06 Å².